The second-order valence-corrected chi connectivity index (χ2v) is 6.78. The average Bonchev–Trinajstić information content (AvgIpc) is 3.33. The first-order valence-electron chi connectivity index (χ1n) is 8.75. The molecule has 0 atom stereocenters. The predicted octanol–water partition coefficient (Wildman–Crippen LogP) is 4.13. The molecule has 2 N–H and O–H groups in total. The molecule has 1 aromatic carbocycles. The topological polar surface area (TPSA) is 75.6 Å². The SMILES string of the molecule is O=C(Nc1ccc2c(c1)nc1n2CCC1)c1cc2cc(C(F)(F)F)cnc2[nH]1. The van der Waals surface area contributed by atoms with E-state index in [1.165, 1.54) is 6.07 Å². The zero-order valence-corrected chi connectivity index (χ0v) is 14.5. The second kappa shape index (κ2) is 5.82. The molecule has 0 spiro atoms. The third-order valence-electron chi connectivity index (χ3n) is 4.91. The van der Waals surface area contributed by atoms with Crippen LogP contribution in [0.25, 0.3) is 22.1 Å². The summed E-state index contributed by atoms with van der Waals surface area (Å²) in [4.78, 5) is 23.6. The molecule has 0 saturated carbocycles. The van der Waals surface area contributed by atoms with E-state index < -0.39 is 17.6 Å². The lowest BCUT2D eigenvalue weighted by Gasteiger charge is -2.04. The van der Waals surface area contributed by atoms with Gasteiger partial charge in [0.05, 0.1) is 16.6 Å². The van der Waals surface area contributed by atoms with Gasteiger partial charge in [-0.15, -0.1) is 0 Å². The maximum atomic E-state index is 12.8. The van der Waals surface area contributed by atoms with Crippen LogP contribution in [0.4, 0.5) is 18.9 Å². The number of aryl methyl sites for hydroxylation is 2. The van der Waals surface area contributed by atoms with Crippen molar-refractivity contribution in [1.29, 1.82) is 0 Å². The van der Waals surface area contributed by atoms with Gasteiger partial charge < -0.3 is 14.9 Å². The number of benzene rings is 1. The lowest BCUT2D eigenvalue weighted by atomic mass is 10.2. The van der Waals surface area contributed by atoms with Gasteiger partial charge in [-0.1, -0.05) is 0 Å². The first-order chi connectivity index (χ1) is 13.4. The number of aromatic amines is 1. The number of carbonyl (C=O) groups is 1. The van der Waals surface area contributed by atoms with Crippen molar-refractivity contribution in [3.63, 3.8) is 0 Å². The van der Waals surface area contributed by atoms with Crippen LogP contribution in [0.3, 0.4) is 0 Å². The number of pyridine rings is 1. The van der Waals surface area contributed by atoms with Crippen LogP contribution >= 0.6 is 0 Å². The molecule has 6 nitrogen and oxygen atoms in total. The van der Waals surface area contributed by atoms with Gasteiger partial charge in [-0.25, -0.2) is 9.97 Å². The number of alkyl halides is 3. The Kier molecular flexibility index (Phi) is 3.49. The summed E-state index contributed by atoms with van der Waals surface area (Å²) in [5.41, 5.74) is 1.90. The molecule has 4 aromatic rings. The normalized spacial score (nSPS) is 14.0. The molecule has 5 rings (SSSR count). The van der Waals surface area contributed by atoms with Crippen molar-refractivity contribution in [3.8, 4) is 0 Å². The Morgan fingerprint density at radius 2 is 2.07 bits per heavy atom. The van der Waals surface area contributed by atoms with Gasteiger partial charge in [-0.05, 0) is 36.8 Å². The minimum Gasteiger partial charge on any atom is -0.335 e. The van der Waals surface area contributed by atoms with Gasteiger partial charge in [-0.2, -0.15) is 13.2 Å². The van der Waals surface area contributed by atoms with Gasteiger partial charge in [0.15, 0.2) is 0 Å². The summed E-state index contributed by atoms with van der Waals surface area (Å²) >= 11 is 0. The van der Waals surface area contributed by atoms with Crippen LogP contribution in [0.2, 0.25) is 0 Å². The minimum atomic E-state index is -4.48. The van der Waals surface area contributed by atoms with Crippen molar-refractivity contribution in [3.05, 3.63) is 53.6 Å². The molecule has 1 amide bonds. The molecule has 28 heavy (non-hydrogen) atoms. The molecule has 0 aliphatic carbocycles. The Morgan fingerprint density at radius 3 is 2.89 bits per heavy atom. The number of hydrogen-bond donors (Lipinski definition) is 2. The van der Waals surface area contributed by atoms with Crippen LogP contribution in [0.5, 0.6) is 0 Å². The number of rotatable bonds is 2. The lowest BCUT2D eigenvalue weighted by molar-refractivity contribution is -0.137. The van der Waals surface area contributed by atoms with Crippen molar-refractivity contribution in [2.45, 2.75) is 25.6 Å². The van der Waals surface area contributed by atoms with Crippen LogP contribution in [0, 0.1) is 0 Å². The maximum absolute atomic E-state index is 12.8. The van der Waals surface area contributed by atoms with Crippen LogP contribution in [0.15, 0.2) is 36.5 Å². The molecule has 142 valence electrons. The number of carbonyl (C=O) groups excluding carboxylic acids is 1. The number of hydrogen-bond acceptors (Lipinski definition) is 3. The van der Waals surface area contributed by atoms with E-state index >= 15 is 0 Å². The monoisotopic (exact) mass is 385 g/mol. The average molecular weight is 385 g/mol. The summed E-state index contributed by atoms with van der Waals surface area (Å²) in [6, 6.07) is 7.82. The quantitative estimate of drug-likeness (QED) is 0.545. The summed E-state index contributed by atoms with van der Waals surface area (Å²) in [7, 11) is 0. The number of H-pyrrole nitrogens is 1. The first kappa shape index (κ1) is 16.8. The molecule has 0 unspecified atom stereocenters. The Hall–Kier alpha value is -3.36. The second-order valence-electron chi connectivity index (χ2n) is 6.78. The summed E-state index contributed by atoms with van der Waals surface area (Å²) in [6.07, 6.45) is -1.72. The largest absolute Gasteiger partial charge is 0.417 e. The molecule has 1 aliphatic rings. The third kappa shape index (κ3) is 2.70. The Bertz CT molecular complexity index is 1240. The fourth-order valence-electron chi connectivity index (χ4n) is 3.58. The van der Waals surface area contributed by atoms with E-state index in [0.29, 0.717) is 5.69 Å². The molecule has 1 aliphatic heterocycles. The first-order valence-corrected chi connectivity index (χ1v) is 8.75. The highest BCUT2D eigenvalue weighted by Gasteiger charge is 2.31. The number of fused-ring (bicyclic) bond motifs is 4. The zero-order chi connectivity index (χ0) is 19.5. The maximum Gasteiger partial charge on any atom is 0.417 e. The predicted molar refractivity (Wildman–Crippen MR) is 97.1 cm³/mol. The van der Waals surface area contributed by atoms with E-state index in [1.54, 1.807) is 12.1 Å². The Morgan fingerprint density at radius 1 is 1.21 bits per heavy atom. The number of anilines is 1. The van der Waals surface area contributed by atoms with E-state index in [-0.39, 0.29) is 16.7 Å². The third-order valence-corrected chi connectivity index (χ3v) is 4.91. The van der Waals surface area contributed by atoms with Gasteiger partial charge in [0.2, 0.25) is 0 Å². The zero-order valence-electron chi connectivity index (χ0n) is 14.5. The van der Waals surface area contributed by atoms with Crippen molar-refractivity contribution in [2.24, 2.45) is 0 Å². The van der Waals surface area contributed by atoms with Crippen LogP contribution in [-0.4, -0.2) is 25.4 Å². The van der Waals surface area contributed by atoms with Gasteiger partial charge >= 0.3 is 6.18 Å². The van der Waals surface area contributed by atoms with Crippen molar-refractivity contribution in [1.82, 2.24) is 19.5 Å². The molecular formula is C19H14F3N5O. The molecule has 0 bridgehead atoms. The molecular weight excluding hydrogens is 371 g/mol. The molecule has 9 heteroatoms. The lowest BCUT2D eigenvalue weighted by Crippen LogP contribution is -2.12. The Labute approximate surface area is 156 Å². The van der Waals surface area contributed by atoms with E-state index in [9.17, 15) is 18.0 Å². The fourth-order valence-corrected chi connectivity index (χ4v) is 3.58. The van der Waals surface area contributed by atoms with Crippen LogP contribution in [0.1, 0.15) is 28.3 Å². The number of aromatic nitrogens is 4. The van der Waals surface area contributed by atoms with Gasteiger partial charge in [0.25, 0.3) is 5.91 Å². The molecule has 0 saturated heterocycles. The Balaban J connectivity index is 1.42. The number of nitrogens with zero attached hydrogens (tertiary/aromatic N) is 3. The highest BCUT2D eigenvalue weighted by Crippen LogP contribution is 2.31. The number of amides is 1. The van der Waals surface area contributed by atoms with Gasteiger partial charge in [0, 0.05) is 30.2 Å². The highest BCUT2D eigenvalue weighted by atomic mass is 19.4. The van der Waals surface area contributed by atoms with E-state index in [4.69, 9.17) is 0 Å². The summed E-state index contributed by atoms with van der Waals surface area (Å²) in [6.45, 7) is 0.944. The van der Waals surface area contributed by atoms with Crippen molar-refractivity contribution in [2.75, 3.05) is 5.32 Å². The number of nitrogens with one attached hydrogen (secondary N) is 2. The summed E-state index contributed by atoms with van der Waals surface area (Å²) in [5.74, 6) is 0.582. The van der Waals surface area contributed by atoms with E-state index in [2.05, 4.69) is 24.8 Å². The summed E-state index contributed by atoms with van der Waals surface area (Å²) in [5, 5.41) is 2.97. The van der Waals surface area contributed by atoms with Crippen LogP contribution in [-0.2, 0) is 19.1 Å². The number of halogens is 3. The van der Waals surface area contributed by atoms with Crippen molar-refractivity contribution < 1.29 is 18.0 Å². The van der Waals surface area contributed by atoms with Gasteiger partial charge in [-0.3, -0.25) is 4.79 Å². The number of imidazole rings is 1. The highest BCUT2D eigenvalue weighted by molar-refractivity contribution is 6.06. The standard InChI is InChI=1S/C19H14F3N5O/c20-19(21,22)11-6-10-7-14(26-17(10)23-9-11)18(28)24-12-3-4-15-13(8-12)25-16-2-1-5-27(15)16/h3-4,6-9H,1-2,5H2,(H,23,26)(H,24,28). The smallest absolute Gasteiger partial charge is 0.335 e. The van der Waals surface area contributed by atoms with E-state index in [0.717, 1.165) is 48.5 Å². The molecule has 0 fully saturated rings. The molecule has 3 aromatic heterocycles. The minimum absolute atomic E-state index is 0.134. The van der Waals surface area contributed by atoms with E-state index in [1.807, 2.05) is 6.07 Å². The van der Waals surface area contributed by atoms with Crippen molar-refractivity contribution >= 4 is 33.7 Å². The van der Waals surface area contributed by atoms with Crippen LogP contribution < -0.4 is 5.32 Å². The molecule has 4 heterocycles. The van der Waals surface area contributed by atoms with Gasteiger partial charge in [0.1, 0.15) is 17.2 Å². The fraction of sp³-hybridized carbons (Fsp3) is 0.211. The summed E-state index contributed by atoms with van der Waals surface area (Å²) < 4.78 is 40.6. The molecule has 0 radical (unpaired) electrons.